The molecule has 0 bridgehead atoms. The van der Waals surface area contributed by atoms with Crippen molar-refractivity contribution in [1.29, 1.82) is 0 Å². The van der Waals surface area contributed by atoms with E-state index in [1.807, 2.05) is 13.8 Å². The van der Waals surface area contributed by atoms with Gasteiger partial charge in [-0.05, 0) is 70.7 Å². The minimum Gasteiger partial charge on any atom is -0.420 e. The first-order valence-electron chi connectivity index (χ1n) is 12.2. The van der Waals surface area contributed by atoms with Crippen molar-refractivity contribution in [2.75, 3.05) is 6.61 Å². The van der Waals surface area contributed by atoms with Gasteiger partial charge in [0.25, 0.3) is 5.91 Å². The van der Waals surface area contributed by atoms with E-state index in [0.717, 1.165) is 0 Å². The van der Waals surface area contributed by atoms with Gasteiger partial charge >= 0.3 is 5.97 Å². The highest BCUT2D eigenvalue weighted by Gasteiger charge is 2.32. The van der Waals surface area contributed by atoms with Crippen LogP contribution in [0.4, 0.5) is 13.2 Å². The zero-order chi connectivity index (χ0) is 28.0. The highest BCUT2D eigenvalue weighted by atomic mass is 19.2. The van der Waals surface area contributed by atoms with Crippen LogP contribution < -0.4 is 10.1 Å². The maximum absolute atomic E-state index is 14.2. The molecule has 0 spiro atoms. The molecule has 37 heavy (non-hydrogen) atoms. The highest BCUT2D eigenvalue weighted by Crippen LogP contribution is 2.29. The minimum absolute atomic E-state index is 0.0910. The summed E-state index contributed by atoms with van der Waals surface area (Å²) >= 11 is 0. The number of amides is 1. The first kappa shape index (κ1) is 30.0. The SMILES string of the molecule is CCC(C)(CCOC(C)(CC)CC(=O)Oc1c(F)c(C)cc(F)c1F)NC(=O)c1ccc(C(C)=O)cc1. The number of Topliss-reactive ketones (excluding diaryl/α,β-unsaturated/α-hetero) is 1. The molecule has 0 aromatic heterocycles. The average molecular weight is 522 g/mol. The van der Waals surface area contributed by atoms with E-state index < -0.39 is 40.3 Å². The molecule has 2 unspecified atom stereocenters. The second kappa shape index (κ2) is 12.4. The molecular weight excluding hydrogens is 487 g/mol. The van der Waals surface area contributed by atoms with Crippen LogP contribution in [0.15, 0.2) is 30.3 Å². The smallest absolute Gasteiger partial charge is 0.314 e. The Morgan fingerprint density at radius 1 is 0.946 bits per heavy atom. The predicted molar refractivity (Wildman–Crippen MR) is 133 cm³/mol. The van der Waals surface area contributed by atoms with Gasteiger partial charge in [0.2, 0.25) is 11.6 Å². The lowest BCUT2D eigenvalue weighted by atomic mass is 9.93. The number of ketones is 1. The topological polar surface area (TPSA) is 81.7 Å². The zero-order valence-corrected chi connectivity index (χ0v) is 22.1. The Labute approximate surface area is 215 Å². The summed E-state index contributed by atoms with van der Waals surface area (Å²) in [6.07, 6.45) is 1.07. The Balaban J connectivity index is 2.00. The Kier molecular flexibility index (Phi) is 10.0. The molecule has 2 aromatic rings. The number of carbonyl (C=O) groups is 3. The molecule has 0 aliphatic carbocycles. The van der Waals surface area contributed by atoms with E-state index in [1.165, 1.54) is 13.8 Å². The number of hydrogen-bond acceptors (Lipinski definition) is 5. The molecule has 0 aliphatic heterocycles. The summed E-state index contributed by atoms with van der Waals surface area (Å²) in [6.45, 7) is 10.1. The number of hydrogen-bond donors (Lipinski definition) is 1. The lowest BCUT2D eigenvalue weighted by Crippen LogP contribution is -2.47. The molecule has 2 rings (SSSR count). The fourth-order valence-corrected chi connectivity index (χ4v) is 3.58. The number of nitrogens with one attached hydrogen (secondary N) is 1. The Morgan fingerprint density at radius 2 is 1.54 bits per heavy atom. The van der Waals surface area contributed by atoms with Crippen molar-refractivity contribution in [1.82, 2.24) is 5.32 Å². The van der Waals surface area contributed by atoms with E-state index >= 15 is 0 Å². The molecule has 202 valence electrons. The number of esters is 1. The molecule has 6 nitrogen and oxygen atoms in total. The van der Waals surface area contributed by atoms with Gasteiger partial charge in [-0.3, -0.25) is 14.4 Å². The Morgan fingerprint density at radius 3 is 2.08 bits per heavy atom. The van der Waals surface area contributed by atoms with Crippen molar-refractivity contribution in [2.24, 2.45) is 0 Å². The molecule has 9 heteroatoms. The third-order valence-corrected chi connectivity index (χ3v) is 6.63. The summed E-state index contributed by atoms with van der Waals surface area (Å²) in [5.41, 5.74) is -0.908. The van der Waals surface area contributed by atoms with E-state index in [9.17, 15) is 27.6 Å². The molecule has 2 atom stereocenters. The van der Waals surface area contributed by atoms with Crippen LogP contribution in [0.2, 0.25) is 0 Å². The zero-order valence-electron chi connectivity index (χ0n) is 22.1. The Bertz CT molecular complexity index is 1130. The molecule has 0 aliphatic rings. The van der Waals surface area contributed by atoms with Gasteiger partial charge in [-0.15, -0.1) is 0 Å². The monoisotopic (exact) mass is 521 g/mol. The van der Waals surface area contributed by atoms with E-state index in [4.69, 9.17) is 9.47 Å². The van der Waals surface area contributed by atoms with Crippen LogP contribution in [-0.4, -0.2) is 35.4 Å². The second-order valence-electron chi connectivity index (χ2n) is 9.69. The van der Waals surface area contributed by atoms with Crippen LogP contribution in [0.25, 0.3) is 0 Å². The molecule has 1 N–H and O–H groups in total. The second-order valence-corrected chi connectivity index (χ2v) is 9.69. The fraction of sp³-hybridized carbons (Fsp3) is 0.464. The standard InChI is InChI=1S/C28H34F3NO5/c1-7-27(5,32-26(35)20-11-9-19(10-12-20)18(4)33)13-14-36-28(6,8-2)16-22(34)37-25-23(30)17(3)15-21(29)24(25)31/h9-12,15H,7-8,13-14,16H2,1-6H3,(H,32,35). The van der Waals surface area contributed by atoms with Gasteiger partial charge in [0, 0.05) is 23.3 Å². The van der Waals surface area contributed by atoms with Crippen LogP contribution in [0.5, 0.6) is 5.75 Å². The third-order valence-electron chi connectivity index (χ3n) is 6.63. The summed E-state index contributed by atoms with van der Waals surface area (Å²) in [4.78, 5) is 36.7. The van der Waals surface area contributed by atoms with Gasteiger partial charge in [0.1, 0.15) is 0 Å². The van der Waals surface area contributed by atoms with E-state index in [-0.39, 0.29) is 30.3 Å². The van der Waals surface area contributed by atoms with E-state index in [0.29, 0.717) is 36.5 Å². The van der Waals surface area contributed by atoms with Gasteiger partial charge in [-0.2, -0.15) is 4.39 Å². The van der Waals surface area contributed by atoms with Crippen LogP contribution >= 0.6 is 0 Å². The minimum atomic E-state index is -1.57. The average Bonchev–Trinajstić information content (AvgIpc) is 2.85. The van der Waals surface area contributed by atoms with Crippen LogP contribution in [-0.2, 0) is 9.53 Å². The maximum atomic E-state index is 14.2. The normalized spacial score (nSPS) is 14.4. The first-order chi connectivity index (χ1) is 17.2. The van der Waals surface area contributed by atoms with E-state index in [2.05, 4.69) is 5.32 Å². The quantitative estimate of drug-likeness (QED) is 0.158. The molecule has 0 fully saturated rings. The van der Waals surface area contributed by atoms with Crippen molar-refractivity contribution in [2.45, 2.75) is 78.4 Å². The summed E-state index contributed by atoms with van der Waals surface area (Å²) in [6, 6.07) is 7.05. The van der Waals surface area contributed by atoms with Crippen LogP contribution in [0.1, 0.15) is 86.6 Å². The molecular formula is C28H34F3NO5. The lowest BCUT2D eigenvalue weighted by molar-refractivity contribution is -0.143. The largest absolute Gasteiger partial charge is 0.420 e. The Hall–Kier alpha value is -3.20. The lowest BCUT2D eigenvalue weighted by Gasteiger charge is -2.33. The van der Waals surface area contributed by atoms with E-state index in [1.54, 1.807) is 38.1 Å². The number of rotatable bonds is 12. The number of carbonyl (C=O) groups excluding carboxylic acids is 3. The van der Waals surface area contributed by atoms with Gasteiger partial charge in [-0.25, -0.2) is 8.78 Å². The molecule has 1 amide bonds. The van der Waals surface area contributed by atoms with Gasteiger partial charge in [-0.1, -0.05) is 26.0 Å². The maximum Gasteiger partial charge on any atom is 0.314 e. The van der Waals surface area contributed by atoms with Gasteiger partial charge in [0.15, 0.2) is 17.4 Å². The van der Waals surface area contributed by atoms with Crippen molar-refractivity contribution in [3.63, 3.8) is 0 Å². The number of ether oxygens (including phenoxy) is 2. The molecule has 0 heterocycles. The summed E-state index contributed by atoms with van der Waals surface area (Å²) in [5, 5.41) is 2.99. The molecule has 0 radical (unpaired) electrons. The predicted octanol–water partition coefficient (Wildman–Crippen LogP) is 6.08. The van der Waals surface area contributed by atoms with Crippen molar-refractivity contribution in [3.05, 3.63) is 64.5 Å². The highest BCUT2D eigenvalue weighted by molar-refractivity contribution is 5.98. The van der Waals surface area contributed by atoms with Gasteiger partial charge in [0.05, 0.1) is 12.0 Å². The third kappa shape index (κ3) is 7.89. The van der Waals surface area contributed by atoms with Gasteiger partial charge < -0.3 is 14.8 Å². The van der Waals surface area contributed by atoms with Crippen molar-refractivity contribution >= 4 is 17.7 Å². The van der Waals surface area contributed by atoms with Crippen molar-refractivity contribution in [3.8, 4) is 5.75 Å². The summed E-state index contributed by atoms with van der Waals surface area (Å²) in [7, 11) is 0. The summed E-state index contributed by atoms with van der Waals surface area (Å²) in [5.74, 6) is -6.45. The first-order valence-corrected chi connectivity index (χ1v) is 12.2. The summed E-state index contributed by atoms with van der Waals surface area (Å²) < 4.78 is 52.7. The molecule has 0 saturated carbocycles. The van der Waals surface area contributed by atoms with Crippen molar-refractivity contribution < 1.29 is 37.0 Å². The molecule has 0 saturated heterocycles. The van der Waals surface area contributed by atoms with Crippen LogP contribution in [0.3, 0.4) is 0 Å². The number of benzene rings is 2. The number of aryl methyl sites for hydroxylation is 1. The molecule has 2 aromatic carbocycles. The number of halogens is 3. The van der Waals surface area contributed by atoms with Crippen LogP contribution in [0, 0.1) is 24.4 Å². The fourth-order valence-electron chi connectivity index (χ4n) is 3.58.